The van der Waals surface area contributed by atoms with Crippen LogP contribution >= 0.6 is 0 Å². The van der Waals surface area contributed by atoms with Crippen LogP contribution in [-0.2, 0) is 5.54 Å². The van der Waals surface area contributed by atoms with Crippen molar-refractivity contribution in [2.24, 2.45) is 0 Å². The van der Waals surface area contributed by atoms with Gasteiger partial charge in [-0.3, -0.25) is 4.79 Å². The molecule has 1 saturated carbocycles. The quantitative estimate of drug-likeness (QED) is 0.761. The summed E-state index contributed by atoms with van der Waals surface area (Å²) in [6, 6.07) is 4.66. The monoisotopic (exact) mass is 357 g/mol. The number of fused-ring (bicyclic) bond motifs is 1. The minimum absolute atomic E-state index is 0.100. The minimum atomic E-state index is -0.683. The van der Waals surface area contributed by atoms with E-state index in [0.717, 1.165) is 32.1 Å². The first kappa shape index (κ1) is 16.8. The molecule has 2 aromatic heterocycles. The molecule has 0 saturated heterocycles. The van der Waals surface area contributed by atoms with Crippen molar-refractivity contribution in [1.29, 1.82) is 0 Å². The van der Waals surface area contributed by atoms with E-state index in [4.69, 9.17) is 8.94 Å². The zero-order valence-corrected chi connectivity index (χ0v) is 14.8. The molecule has 0 unspecified atom stereocenters. The summed E-state index contributed by atoms with van der Waals surface area (Å²) in [6.45, 7) is 3.48. The highest BCUT2D eigenvalue weighted by Crippen LogP contribution is 2.36. The summed E-state index contributed by atoms with van der Waals surface area (Å²) in [5.41, 5.74) is 0.0346. The zero-order valence-electron chi connectivity index (χ0n) is 14.8. The number of nitrogens with zero attached hydrogens (tertiary/aromatic N) is 2. The average Bonchev–Trinajstić information content (AvgIpc) is 3.21. The summed E-state index contributed by atoms with van der Waals surface area (Å²) >= 11 is 0. The number of halogens is 1. The molecular weight excluding hydrogens is 337 g/mol. The van der Waals surface area contributed by atoms with Crippen molar-refractivity contribution in [3.63, 3.8) is 0 Å². The molecule has 1 aliphatic rings. The van der Waals surface area contributed by atoms with Gasteiger partial charge in [-0.25, -0.2) is 4.39 Å². The lowest BCUT2D eigenvalue weighted by atomic mass is 9.81. The van der Waals surface area contributed by atoms with E-state index in [2.05, 4.69) is 15.5 Å². The summed E-state index contributed by atoms with van der Waals surface area (Å²) in [5, 5.41) is 7.71. The molecular formula is C19H20FN3O3. The molecule has 7 heteroatoms. The molecule has 0 aliphatic heterocycles. The van der Waals surface area contributed by atoms with Crippen LogP contribution in [0.25, 0.3) is 11.0 Å². The van der Waals surface area contributed by atoms with Gasteiger partial charge in [0.25, 0.3) is 5.91 Å². The summed E-state index contributed by atoms with van der Waals surface area (Å²) in [5.74, 6) is 0.202. The van der Waals surface area contributed by atoms with Gasteiger partial charge < -0.3 is 14.3 Å². The normalized spacial score (nSPS) is 16.7. The summed E-state index contributed by atoms with van der Waals surface area (Å²) in [6.07, 6.45) is 4.48. The molecule has 1 N–H and O–H groups in total. The predicted molar refractivity (Wildman–Crippen MR) is 92.2 cm³/mol. The number of aryl methyl sites for hydroxylation is 2. The molecule has 1 fully saturated rings. The third-order valence-corrected chi connectivity index (χ3v) is 5.14. The molecule has 1 aliphatic carbocycles. The number of amides is 1. The minimum Gasteiger partial charge on any atom is -0.448 e. The summed E-state index contributed by atoms with van der Waals surface area (Å²) in [4.78, 5) is 17.3. The Labute approximate surface area is 149 Å². The van der Waals surface area contributed by atoms with Crippen LogP contribution in [-0.4, -0.2) is 16.0 Å². The Morgan fingerprint density at radius 1 is 1.23 bits per heavy atom. The standard InChI is InChI=1S/C19H20FN3O3/c1-11-13-7-6-8-14(20)16(13)25-15(11)17(24)22-19(9-4-3-5-10-19)18-21-12(2)26-23-18/h6-8H,3-5,9-10H2,1-2H3,(H,22,24). The van der Waals surface area contributed by atoms with Gasteiger partial charge in [-0.2, -0.15) is 4.98 Å². The van der Waals surface area contributed by atoms with E-state index in [9.17, 15) is 9.18 Å². The molecule has 26 heavy (non-hydrogen) atoms. The van der Waals surface area contributed by atoms with Gasteiger partial charge in [-0.1, -0.05) is 36.6 Å². The van der Waals surface area contributed by atoms with Crippen LogP contribution in [0.3, 0.4) is 0 Å². The van der Waals surface area contributed by atoms with Gasteiger partial charge in [0.15, 0.2) is 23.0 Å². The van der Waals surface area contributed by atoms with Gasteiger partial charge in [0.05, 0.1) is 0 Å². The highest BCUT2D eigenvalue weighted by molar-refractivity contribution is 5.99. The zero-order chi connectivity index (χ0) is 18.3. The molecule has 136 valence electrons. The first-order chi connectivity index (χ1) is 12.5. The number of hydrogen-bond donors (Lipinski definition) is 1. The average molecular weight is 357 g/mol. The number of hydrogen-bond acceptors (Lipinski definition) is 5. The van der Waals surface area contributed by atoms with Crippen LogP contribution in [0.2, 0.25) is 0 Å². The van der Waals surface area contributed by atoms with Crippen molar-refractivity contribution in [3.05, 3.63) is 47.1 Å². The summed E-state index contributed by atoms with van der Waals surface area (Å²) in [7, 11) is 0. The van der Waals surface area contributed by atoms with E-state index >= 15 is 0 Å². The molecule has 2 heterocycles. The maximum atomic E-state index is 14.0. The van der Waals surface area contributed by atoms with Gasteiger partial charge >= 0.3 is 0 Å². The van der Waals surface area contributed by atoms with E-state index in [-0.39, 0.29) is 17.3 Å². The van der Waals surface area contributed by atoms with E-state index in [1.54, 1.807) is 26.0 Å². The lowest BCUT2D eigenvalue weighted by Crippen LogP contribution is -2.48. The maximum absolute atomic E-state index is 14.0. The third kappa shape index (κ3) is 2.67. The Morgan fingerprint density at radius 3 is 2.65 bits per heavy atom. The Balaban J connectivity index is 1.71. The van der Waals surface area contributed by atoms with Crippen molar-refractivity contribution in [3.8, 4) is 0 Å². The van der Waals surface area contributed by atoms with Gasteiger partial charge in [0.1, 0.15) is 5.54 Å². The Hall–Kier alpha value is -2.70. The molecule has 1 amide bonds. The van der Waals surface area contributed by atoms with Crippen molar-refractivity contribution in [2.75, 3.05) is 0 Å². The Bertz CT molecular complexity index is 970. The number of carbonyl (C=O) groups is 1. The second-order valence-electron chi connectivity index (χ2n) is 6.91. The van der Waals surface area contributed by atoms with E-state index in [1.807, 2.05) is 0 Å². The number of carbonyl (C=O) groups excluding carboxylic acids is 1. The van der Waals surface area contributed by atoms with Crippen LogP contribution in [0, 0.1) is 19.7 Å². The second-order valence-corrected chi connectivity index (χ2v) is 6.91. The molecule has 3 aromatic rings. The first-order valence-corrected chi connectivity index (χ1v) is 8.81. The third-order valence-electron chi connectivity index (χ3n) is 5.14. The van der Waals surface area contributed by atoms with Crippen LogP contribution in [0.15, 0.2) is 27.1 Å². The number of nitrogens with one attached hydrogen (secondary N) is 1. The molecule has 6 nitrogen and oxygen atoms in total. The van der Waals surface area contributed by atoms with Crippen LogP contribution < -0.4 is 5.32 Å². The van der Waals surface area contributed by atoms with E-state index < -0.39 is 11.4 Å². The SMILES string of the molecule is Cc1nc(C2(NC(=O)c3oc4c(F)cccc4c3C)CCCCC2)no1. The lowest BCUT2D eigenvalue weighted by Gasteiger charge is -2.35. The second kappa shape index (κ2) is 6.23. The van der Waals surface area contributed by atoms with Crippen LogP contribution in [0.4, 0.5) is 4.39 Å². The van der Waals surface area contributed by atoms with Gasteiger partial charge in [0, 0.05) is 17.9 Å². The molecule has 4 rings (SSSR count). The van der Waals surface area contributed by atoms with Gasteiger partial charge in [-0.15, -0.1) is 0 Å². The molecule has 0 atom stereocenters. The topological polar surface area (TPSA) is 81.2 Å². The molecule has 0 spiro atoms. The number of rotatable bonds is 3. The summed E-state index contributed by atoms with van der Waals surface area (Å²) < 4.78 is 24.7. The van der Waals surface area contributed by atoms with Crippen molar-refractivity contribution in [1.82, 2.24) is 15.5 Å². The number of aromatic nitrogens is 2. The highest BCUT2D eigenvalue weighted by atomic mass is 19.1. The molecule has 1 aromatic carbocycles. The molecule has 0 radical (unpaired) electrons. The fraction of sp³-hybridized carbons (Fsp3) is 0.421. The smallest absolute Gasteiger partial charge is 0.288 e. The van der Waals surface area contributed by atoms with Gasteiger partial charge in [0.2, 0.25) is 5.89 Å². The van der Waals surface area contributed by atoms with Crippen LogP contribution in [0.5, 0.6) is 0 Å². The Morgan fingerprint density at radius 2 is 2.00 bits per heavy atom. The lowest BCUT2D eigenvalue weighted by molar-refractivity contribution is 0.0827. The fourth-order valence-corrected chi connectivity index (χ4v) is 3.75. The number of para-hydroxylation sites is 1. The Kier molecular flexibility index (Phi) is 4.01. The van der Waals surface area contributed by atoms with Gasteiger partial charge in [-0.05, 0) is 25.8 Å². The first-order valence-electron chi connectivity index (χ1n) is 8.81. The fourth-order valence-electron chi connectivity index (χ4n) is 3.75. The van der Waals surface area contributed by atoms with Crippen molar-refractivity contribution < 1.29 is 18.1 Å². The number of benzene rings is 1. The largest absolute Gasteiger partial charge is 0.448 e. The maximum Gasteiger partial charge on any atom is 0.288 e. The van der Waals surface area contributed by atoms with E-state index in [0.29, 0.717) is 22.7 Å². The highest BCUT2D eigenvalue weighted by Gasteiger charge is 2.40. The van der Waals surface area contributed by atoms with Crippen molar-refractivity contribution >= 4 is 16.9 Å². The predicted octanol–water partition coefficient (Wildman–Crippen LogP) is 4.16. The number of furan rings is 1. The molecule has 0 bridgehead atoms. The van der Waals surface area contributed by atoms with E-state index in [1.165, 1.54) is 6.07 Å². The van der Waals surface area contributed by atoms with Crippen LogP contribution in [0.1, 0.15) is 59.9 Å². The van der Waals surface area contributed by atoms with Crippen molar-refractivity contribution in [2.45, 2.75) is 51.5 Å².